The lowest BCUT2D eigenvalue weighted by Gasteiger charge is -2.35. The average molecular weight is 625 g/mol. The molecule has 2 aromatic rings. The Labute approximate surface area is 264 Å². The van der Waals surface area contributed by atoms with E-state index in [0.29, 0.717) is 75.0 Å². The molecule has 2 aromatic carbocycles. The largest absolute Gasteiger partial charge is 0.457 e. The van der Waals surface area contributed by atoms with Crippen LogP contribution in [-0.2, 0) is 9.47 Å². The molecule has 2 aliphatic rings. The van der Waals surface area contributed by atoms with Gasteiger partial charge in [0.05, 0.1) is 0 Å². The van der Waals surface area contributed by atoms with Crippen LogP contribution in [0.25, 0.3) is 0 Å². The predicted octanol–water partition coefficient (Wildman–Crippen LogP) is 3.87. The molecule has 13 heteroatoms. The van der Waals surface area contributed by atoms with Crippen molar-refractivity contribution in [3.8, 4) is 11.5 Å². The van der Waals surface area contributed by atoms with Crippen LogP contribution in [-0.4, -0.2) is 107 Å². The van der Waals surface area contributed by atoms with Gasteiger partial charge in [0.2, 0.25) is 0 Å². The van der Waals surface area contributed by atoms with E-state index in [0.717, 1.165) is 0 Å². The van der Waals surface area contributed by atoms with Crippen LogP contribution in [0.5, 0.6) is 11.5 Å². The van der Waals surface area contributed by atoms with Crippen molar-refractivity contribution in [3.63, 3.8) is 0 Å². The lowest BCUT2D eigenvalue weighted by atomic mass is 10.2. The Hall–Kier alpha value is -4.36. The Kier molecular flexibility index (Phi) is 10.6. The minimum absolute atomic E-state index is 0.256. The number of amides is 4. The first-order valence-corrected chi connectivity index (χ1v) is 15.1. The average Bonchev–Trinajstić information content (AvgIpc) is 2.97. The molecule has 13 nitrogen and oxygen atoms in total. The van der Waals surface area contributed by atoms with E-state index in [1.54, 1.807) is 68.3 Å². The molecule has 2 saturated heterocycles. The van der Waals surface area contributed by atoms with Crippen molar-refractivity contribution in [2.75, 3.05) is 52.4 Å². The number of rotatable bonds is 6. The van der Waals surface area contributed by atoms with Gasteiger partial charge in [-0.1, -0.05) is 0 Å². The Morgan fingerprint density at radius 2 is 0.844 bits per heavy atom. The van der Waals surface area contributed by atoms with Crippen LogP contribution >= 0.6 is 0 Å². The van der Waals surface area contributed by atoms with E-state index in [9.17, 15) is 19.2 Å². The number of nitrogens with zero attached hydrogens (tertiary/aromatic N) is 4. The number of piperazine rings is 2. The fourth-order valence-corrected chi connectivity index (χ4v) is 4.56. The third-order valence-corrected chi connectivity index (χ3v) is 6.85. The molecule has 2 N–H and O–H groups in total. The molecular weight excluding hydrogens is 580 g/mol. The summed E-state index contributed by atoms with van der Waals surface area (Å²) in [6.07, 6.45) is -0.706. The summed E-state index contributed by atoms with van der Waals surface area (Å²) in [7, 11) is 0. The van der Waals surface area contributed by atoms with E-state index in [1.165, 1.54) is 0 Å². The van der Waals surface area contributed by atoms with Crippen molar-refractivity contribution < 1.29 is 33.4 Å². The second-order valence-corrected chi connectivity index (χ2v) is 12.9. The maximum atomic E-state index is 12.8. The van der Waals surface area contributed by atoms with Crippen LogP contribution in [0.15, 0.2) is 48.5 Å². The molecule has 0 atom stereocenters. The van der Waals surface area contributed by atoms with Gasteiger partial charge in [-0.15, -0.1) is 0 Å². The summed E-state index contributed by atoms with van der Waals surface area (Å²) in [4.78, 5) is 53.3. The van der Waals surface area contributed by atoms with Crippen molar-refractivity contribution in [3.05, 3.63) is 59.7 Å². The standard InChI is InChI=1S/C32H44N6O7/c1-31(2,3)44-29(41)35-15-19-37(20-16-35)33-27(39)23-7-11-25(12-8-23)43-26-13-9-24(10-14-26)28(40)34-38-21-17-36(18-22-38)30(42)45-32(4,5)6/h7-14H,15-22H2,1-6H3,(H,33,39)(H,34,40). The van der Waals surface area contributed by atoms with Crippen LogP contribution in [0.1, 0.15) is 62.3 Å². The molecule has 45 heavy (non-hydrogen) atoms. The predicted molar refractivity (Wildman–Crippen MR) is 167 cm³/mol. The molecule has 0 aliphatic carbocycles. The first-order valence-electron chi connectivity index (χ1n) is 15.1. The van der Waals surface area contributed by atoms with E-state index >= 15 is 0 Å². The zero-order valence-corrected chi connectivity index (χ0v) is 26.9. The highest BCUT2D eigenvalue weighted by molar-refractivity contribution is 5.94. The van der Waals surface area contributed by atoms with Crippen LogP contribution in [0.3, 0.4) is 0 Å². The van der Waals surface area contributed by atoms with Gasteiger partial charge < -0.3 is 24.0 Å². The molecule has 4 rings (SSSR count). The molecule has 0 saturated carbocycles. The zero-order chi connectivity index (χ0) is 32.8. The highest BCUT2D eigenvalue weighted by Gasteiger charge is 2.28. The van der Waals surface area contributed by atoms with Gasteiger partial charge in [0.1, 0.15) is 22.7 Å². The summed E-state index contributed by atoms with van der Waals surface area (Å²) in [5, 5.41) is 3.57. The highest BCUT2D eigenvalue weighted by Crippen LogP contribution is 2.22. The number of benzene rings is 2. The monoisotopic (exact) mass is 624 g/mol. The second-order valence-electron chi connectivity index (χ2n) is 12.9. The molecule has 4 amide bonds. The number of hydrogen-bond donors (Lipinski definition) is 2. The number of carbonyl (C=O) groups excluding carboxylic acids is 4. The molecule has 0 aromatic heterocycles. The first kappa shape index (κ1) is 33.5. The summed E-state index contributed by atoms with van der Waals surface area (Å²) in [5.74, 6) is 0.568. The molecule has 0 radical (unpaired) electrons. The van der Waals surface area contributed by atoms with Crippen LogP contribution in [0.2, 0.25) is 0 Å². The summed E-state index contributed by atoms with van der Waals surface area (Å²) < 4.78 is 16.7. The van der Waals surface area contributed by atoms with Crippen molar-refractivity contribution in [1.29, 1.82) is 0 Å². The van der Waals surface area contributed by atoms with Gasteiger partial charge in [-0.05, 0) is 90.1 Å². The molecule has 2 aliphatic heterocycles. The minimum atomic E-state index is -0.553. The Bertz CT molecular complexity index is 1230. The maximum Gasteiger partial charge on any atom is 0.410 e. The van der Waals surface area contributed by atoms with Crippen LogP contribution < -0.4 is 15.6 Å². The number of ether oxygens (including phenoxy) is 3. The number of nitrogens with one attached hydrogen (secondary N) is 2. The van der Waals surface area contributed by atoms with Crippen LogP contribution in [0.4, 0.5) is 9.59 Å². The van der Waals surface area contributed by atoms with Crippen molar-refractivity contribution in [2.24, 2.45) is 0 Å². The van der Waals surface area contributed by atoms with Gasteiger partial charge >= 0.3 is 12.2 Å². The molecule has 0 spiro atoms. The highest BCUT2D eigenvalue weighted by atomic mass is 16.6. The Morgan fingerprint density at radius 1 is 0.533 bits per heavy atom. The first-order chi connectivity index (χ1) is 21.1. The van der Waals surface area contributed by atoms with Gasteiger partial charge in [-0.3, -0.25) is 20.4 Å². The molecule has 2 heterocycles. The van der Waals surface area contributed by atoms with Crippen molar-refractivity contribution in [2.45, 2.75) is 52.7 Å². The number of carbonyl (C=O) groups is 4. The lowest BCUT2D eigenvalue weighted by molar-refractivity contribution is 0.00852. The normalized spacial score (nSPS) is 16.5. The molecule has 0 bridgehead atoms. The third-order valence-electron chi connectivity index (χ3n) is 6.85. The summed E-state index contributed by atoms with van der Waals surface area (Å²) in [6, 6.07) is 13.5. The lowest BCUT2D eigenvalue weighted by Crippen LogP contribution is -2.55. The van der Waals surface area contributed by atoms with E-state index < -0.39 is 11.2 Å². The Morgan fingerprint density at radius 3 is 1.13 bits per heavy atom. The number of hydrazine groups is 2. The quantitative estimate of drug-likeness (QED) is 0.492. The van der Waals surface area contributed by atoms with Gasteiger partial charge in [0.25, 0.3) is 11.8 Å². The van der Waals surface area contributed by atoms with Crippen molar-refractivity contribution >= 4 is 24.0 Å². The summed E-state index contributed by atoms with van der Waals surface area (Å²) in [5.41, 5.74) is 5.60. The minimum Gasteiger partial charge on any atom is -0.457 e. The SMILES string of the molecule is CC(C)(C)OC(=O)N1CCN(NC(=O)c2ccc(Oc3ccc(C(=O)NN4CCN(C(=O)OC(C)(C)C)CC4)cc3)cc2)CC1. The van der Waals surface area contributed by atoms with Crippen LogP contribution in [0, 0.1) is 0 Å². The molecule has 2 fully saturated rings. The maximum absolute atomic E-state index is 12.8. The van der Waals surface area contributed by atoms with E-state index in [1.807, 2.05) is 41.5 Å². The second kappa shape index (κ2) is 14.2. The third kappa shape index (κ3) is 10.4. The van der Waals surface area contributed by atoms with Gasteiger partial charge in [0.15, 0.2) is 0 Å². The van der Waals surface area contributed by atoms with E-state index in [2.05, 4.69) is 10.9 Å². The Balaban J connectivity index is 1.19. The molecular formula is C32H44N6O7. The van der Waals surface area contributed by atoms with Gasteiger partial charge in [-0.25, -0.2) is 19.6 Å². The zero-order valence-electron chi connectivity index (χ0n) is 26.9. The topological polar surface area (TPSA) is 133 Å². The smallest absolute Gasteiger partial charge is 0.410 e. The summed E-state index contributed by atoms with van der Waals surface area (Å²) in [6.45, 7) is 14.8. The van der Waals surface area contributed by atoms with E-state index in [-0.39, 0.29) is 24.0 Å². The fourth-order valence-electron chi connectivity index (χ4n) is 4.56. The molecule has 244 valence electrons. The van der Waals surface area contributed by atoms with Gasteiger partial charge in [0, 0.05) is 63.5 Å². The summed E-state index contributed by atoms with van der Waals surface area (Å²) >= 11 is 0. The fraction of sp³-hybridized carbons (Fsp3) is 0.500. The molecule has 0 unspecified atom stereocenters. The van der Waals surface area contributed by atoms with E-state index in [4.69, 9.17) is 14.2 Å². The number of hydrogen-bond acceptors (Lipinski definition) is 9. The van der Waals surface area contributed by atoms with Crippen molar-refractivity contribution in [1.82, 2.24) is 30.7 Å². The van der Waals surface area contributed by atoms with Gasteiger partial charge in [-0.2, -0.15) is 0 Å².